The van der Waals surface area contributed by atoms with E-state index in [0.717, 1.165) is 22.5 Å². The number of benzene rings is 1. The minimum absolute atomic E-state index is 0.540. The Bertz CT molecular complexity index is 611. The monoisotopic (exact) mass is 351 g/mol. The summed E-state index contributed by atoms with van der Waals surface area (Å²) in [7, 11) is 0. The van der Waals surface area contributed by atoms with Gasteiger partial charge >= 0.3 is 0 Å². The normalized spacial score (nSPS) is 14.3. The van der Waals surface area contributed by atoms with Crippen LogP contribution in [0.25, 0.3) is 0 Å². The maximum atomic E-state index is 6.33. The Kier molecular flexibility index (Phi) is 3.85. The second kappa shape index (κ2) is 5.62. The third-order valence-electron chi connectivity index (χ3n) is 3.38. The van der Waals surface area contributed by atoms with Crippen molar-refractivity contribution in [2.75, 3.05) is 10.6 Å². The van der Waals surface area contributed by atoms with Crippen LogP contribution >= 0.6 is 27.5 Å². The second-order valence-electron chi connectivity index (χ2n) is 5.06. The molecule has 0 atom stereocenters. The highest BCUT2D eigenvalue weighted by Crippen LogP contribution is 2.36. The van der Waals surface area contributed by atoms with E-state index in [4.69, 9.17) is 17.3 Å². The molecule has 1 heterocycles. The van der Waals surface area contributed by atoms with Gasteiger partial charge in [0.25, 0.3) is 0 Å². The quantitative estimate of drug-likeness (QED) is 0.837. The summed E-state index contributed by atoms with van der Waals surface area (Å²) >= 11 is 9.73. The van der Waals surface area contributed by atoms with Gasteiger partial charge in [0.2, 0.25) is 0 Å². The largest absolute Gasteiger partial charge is 0.399 e. The van der Waals surface area contributed by atoms with E-state index in [-0.39, 0.29) is 0 Å². The van der Waals surface area contributed by atoms with Crippen LogP contribution in [0, 0.1) is 0 Å². The Morgan fingerprint density at radius 1 is 1.30 bits per heavy atom. The van der Waals surface area contributed by atoms with Crippen LogP contribution in [0.4, 0.5) is 11.5 Å². The highest BCUT2D eigenvalue weighted by atomic mass is 79.9. The molecule has 1 aliphatic carbocycles. The Hall–Kier alpha value is -1.26. The van der Waals surface area contributed by atoms with E-state index in [1.54, 1.807) is 6.20 Å². The van der Waals surface area contributed by atoms with Crippen LogP contribution in [0.1, 0.15) is 18.4 Å². The number of nitrogen functional groups attached to an aromatic ring is 1. The molecule has 0 aliphatic heterocycles. The van der Waals surface area contributed by atoms with E-state index >= 15 is 0 Å². The lowest BCUT2D eigenvalue weighted by Gasteiger charge is -2.24. The average Bonchev–Trinajstić information content (AvgIpc) is 3.23. The molecule has 1 aliphatic rings. The Balaban J connectivity index is 1.87. The van der Waals surface area contributed by atoms with Crippen molar-refractivity contribution in [3.8, 4) is 0 Å². The summed E-state index contributed by atoms with van der Waals surface area (Å²) in [6.45, 7) is 0.805. The maximum absolute atomic E-state index is 6.33. The number of hydrogen-bond acceptors (Lipinski definition) is 3. The zero-order chi connectivity index (χ0) is 14.1. The maximum Gasteiger partial charge on any atom is 0.147 e. The predicted octanol–water partition coefficient (Wildman–Crippen LogP) is 4.25. The molecule has 20 heavy (non-hydrogen) atoms. The average molecular weight is 353 g/mol. The molecule has 5 heteroatoms. The van der Waals surface area contributed by atoms with Crippen molar-refractivity contribution in [3.05, 3.63) is 51.6 Å². The van der Waals surface area contributed by atoms with Gasteiger partial charge in [0.1, 0.15) is 5.82 Å². The fraction of sp³-hybridized carbons (Fsp3) is 0.267. The SMILES string of the molecule is Nc1ccc(CN(c2ncc(Br)cc2Cl)C2CC2)cc1. The van der Waals surface area contributed by atoms with Crippen LogP contribution in [-0.4, -0.2) is 11.0 Å². The molecular formula is C15H15BrClN3. The number of nitrogens with zero attached hydrogens (tertiary/aromatic N) is 2. The summed E-state index contributed by atoms with van der Waals surface area (Å²) in [5.74, 6) is 0.856. The first-order chi connectivity index (χ1) is 9.63. The lowest BCUT2D eigenvalue weighted by Crippen LogP contribution is -2.26. The molecule has 1 aromatic heterocycles. The molecule has 0 unspecified atom stereocenters. The Morgan fingerprint density at radius 2 is 2.00 bits per heavy atom. The summed E-state index contributed by atoms with van der Waals surface area (Å²) in [6, 6.07) is 10.4. The van der Waals surface area contributed by atoms with Crippen LogP contribution in [0.5, 0.6) is 0 Å². The molecule has 3 rings (SSSR count). The molecule has 0 bridgehead atoms. The molecule has 0 spiro atoms. The summed E-state index contributed by atoms with van der Waals surface area (Å²) in [5.41, 5.74) is 7.73. The third-order valence-corrected chi connectivity index (χ3v) is 4.09. The highest BCUT2D eigenvalue weighted by molar-refractivity contribution is 9.10. The first-order valence-corrected chi connectivity index (χ1v) is 7.72. The Morgan fingerprint density at radius 3 is 2.60 bits per heavy atom. The van der Waals surface area contributed by atoms with Crippen molar-refractivity contribution < 1.29 is 0 Å². The molecule has 1 fully saturated rings. The van der Waals surface area contributed by atoms with Gasteiger partial charge in [-0.15, -0.1) is 0 Å². The van der Waals surface area contributed by atoms with Gasteiger partial charge in [0.05, 0.1) is 5.02 Å². The van der Waals surface area contributed by atoms with Gasteiger partial charge in [-0.1, -0.05) is 23.7 Å². The Labute approximate surface area is 131 Å². The van der Waals surface area contributed by atoms with Gasteiger partial charge in [-0.2, -0.15) is 0 Å². The molecular weight excluding hydrogens is 338 g/mol. The number of hydrogen-bond donors (Lipinski definition) is 1. The van der Waals surface area contributed by atoms with Crippen molar-refractivity contribution >= 4 is 39.0 Å². The molecule has 104 valence electrons. The van der Waals surface area contributed by atoms with Gasteiger partial charge in [-0.3, -0.25) is 0 Å². The molecule has 0 amide bonds. The van der Waals surface area contributed by atoms with Crippen molar-refractivity contribution in [2.24, 2.45) is 0 Å². The van der Waals surface area contributed by atoms with Gasteiger partial charge in [0.15, 0.2) is 0 Å². The predicted molar refractivity (Wildman–Crippen MR) is 87.0 cm³/mol. The zero-order valence-corrected chi connectivity index (χ0v) is 13.2. The number of aromatic nitrogens is 1. The van der Waals surface area contributed by atoms with E-state index in [0.29, 0.717) is 11.1 Å². The first-order valence-electron chi connectivity index (χ1n) is 6.55. The molecule has 2 N–H and O–H groups in total. The zero-order valence-electron chi connectivity index (χ0n) is 10.9. The lowest BCUT2D eigenvalue weighted by molar-refractivity contribution is 0.778. The van der Waals surface area contributed by atoms with E-state index < -0.39 is 0 Å². The topological polar surface area (TPSA) is 42.1 Å². The minimum Gasteiger partial charge on any atom is -0.399 e. The van der Waals surface area contributed by atoms with Gasteiger partial charge in [-0.05, 0) is 52.5 Å². The number of nitrogens with two attached hydrogens (primary N) is 1. The van der Waals surface area contributed by atoms with Crippen molar-refractivity contribution in [1.82, 2.24) is 4.98 Å². The molecule has 0 saturated heterocycles. The van der Waals surface area contributed by atoms with Crippen LogP contribution in [0.3, 0.4) is 0 Å². The van der Waals surface area contributed by atoms with E-state index in [9.17, 15) is 0 Å². The third kappa shape index (κ3) is 3.07. The van der Waals surface area contributed by atoms with Gasteiger partial charge in [0, 0.05) is 28.9 Å². The molecule has 2 aromatic rings. The molecule has 0 radical (unpaired) electrons. The van der Waals surface area contributed by atoms with Crippen LogP contribution < -0.4 is 10.6 Å². The second-order valence-corrected chi connectivity index (χ2v) is 6.38. The number of pyridine rings is 1. The lowest BCUT2D eigenvalue weighted by atomic mass is 10.2. The van der Waals surface area contributed by atoms with Gasteiger partial charge in [-0.25, -0.2) is 4.98 Å². The summed E-state index contributed by atoms with van der Waals surface area (Å²) in [6.07, 6.45) is 4.19. The fourth-order valence-electron chi connectivity index (χ4n) is 2.20. The number of anilines is 2. The summed E-state index contributed by atoms with van der Waals surface area (Å²) < 4.78 is 0.898. The van der Waals surface area contributed by atoms with Crippen molar-refractivity contribution in [3.63, 3.8) is 0 Å². The van der Waals surface area contributed by atoms with Crippen LogP contribution in [0.2, 0.25) is 5.02 Å². The standard InChI is InChI=1S/C15H15BrClN3/c16-11-7-14(17)15(19-8-11)20(13-5-6-13)9-10-1-3-12(18)4-2-10/h1-4,7-8,13H,5-6,9,18H2. The smallest absolute Gasteiger partial charge is 0.147 e. The van der Waals surface area contributed by atoms with Crippen LogP contribution in [0.15, 0.2) is 41.0 Å². The van der Waals surface area contributed by atoms with Gasteiger partial charge < -0.3 is 10.6 Å². The minimum atomic E-state index is 0.540. The highest BCUT2D eigenvalue weighted by Gasteiger charge is 2.31. The van der Waals surface area contributed by atoms with Crippen LogP contribution in [-0.2, 0) is 6.54 Å². The summed E-state index contributed by atoms with van der Waals surface area (Å²) in [5, 5.41) is 0.682. The fourth-order valence-corrected chi connectivity index (χ4v) is 2.94. The summed E-state index contributed by atoms with van der Waals surface area (Å²) in [4.78, 5) is 6.75. The number of halogens is 2. The van der Waals surface area contributed by atoms with E-state index in [1.807, 2.05) is 18.2 Å². The van der Waals surface area contributed by atoms with E-state index in [1.165, 1.54) is 18.4 Å². The molecule has 3 nitrogen and oxygen atoms in total. The first kappa shape index (κ1) is 13.7. The number of rotatable bonds is 4. The molecule has 1 saturated carbocycles. The van der Waals surface area contributed by atoms with Crippen molar-refractivity contribution in [1.29, 1.82) is 0 Å². The van der Waals surface area contributed by atoms with E-state index in [2.05, 4.69) is 37.9 Å². The van der Waals surface area contributed by atoms with Crippen molar-refractivity contribution in [2.45, 2.75) is 25.4 Å². The molecule has 1 aromatic carbocycles.